The zero-order valence-corrected chi connectivity index (χ0v) is 12.9. The summed E-state index contributed by atoms with van der Waals surface area (Å²) in [5, 5.41) is 0. The van der Waals surface area contributed by atoms with Crippen LogP contribution in [0.15, 0.2) is 0 Å². The highest BCUT2D eigenvalue weighted by atomic mass is 15.2. The zero-order valence-electron chi connectivity index (χ0n) is 12.9. The van der Waals surface area contributed by atoms with Crippen LogP contribution in [0, 0.1) is 5.41 Å². The van der Waals surface area contributed by atoms with Crippen LogP contribution in [0.5, 0.6) is 0 Å². The van der Waals surface area contributed by atoms with Crippen LogP contribution in [0.2, 0.25) is 0 Å². The van der Waals surface area contributed by atoms with Gasteiger partial charge >= 0.3 is 0 Å². The summed E-state index contributed by atoms with van der Waals surface area (Å²) in [4.78, 5) is 5.13. The minimum absolute atomic E-state index is 0.324. The Morgan fingerprint density at radius 2 is 1.94 bits per heavy atom. The van der Waals surface area contributed by atoms with Crippen molar-refractivity contribution in [2.24, 2.45) is 11.1 Å². The Morgan fingerprint density at radius 3 is 2.61 bits per heavy atom. The van der Waals surface area contributed by atoms with E-state index in [1.54, 1.807) is 0 Å². The van der Waals surface area contributed by atoms with E-state index in [0.29, 0.717) is 11.5 Å². The lowest BCUT2D eigenvalue weighted by Crippen LogP contribution is -2.38. The average Bonchev–Trinajstić information content (AvgIpc) is 2.46. The van der Waals surface area contributed by atoms with Crippen molar-refractivity contribution in [1.82, 2.24) is 9.80 Å². The molecule has 0 aliphatic carbocycles. The fourth-order valence-electron chi connectivity index (χ4n) is 2.77. The Labute approximate surface area is 114 Å². The van der Waals surface area contributed by atoms with Gasteiger partial charge in [-0.25, -0.2) is 0 Å². The van der Waals surface area contributed by atoms with E-state index < -0.39 is 0 Å². The summed E-state index contributed by atoms with van der Waals surface area (Å²) >= 11 is 0. The molecule has 3 heteroatoms. The maximum absolute atomic E-state index is 5.77. The third kappa shape index (κ3) is 5.68. The van der Waals surface area contributed by atoms with E-state index in [2.05, 4.69) is 37.6 Å². The molecule has 0 aromatic rings. The maximum atomic E-state index is 5.77. The fourth-order valence-corrected chi connectivity index (χ4v) is 2.77. The smallest absolute Gasteiger partial charge is 0.0194 e. The van der Waals surface area contributed by atoms with E-state index in [-0.39, 0.29) is 0 Å². The molecule has 0 spiro atoms. The Kier molecular flexibility index (Phi) is 6.61. The molecule has 2 N–H and O–H groups in total. The first-order valence-electron chi connectivity index (χ1n) is 7.57. The molecule has 1 rings (SSSR count). The summed E-state index contributed by atoms with van der Waals surface area (Å²) in [5.41, 5.74) is 6.10. The minimum Gasteiger partial charge on any atom is -0.330 e. The van der Waals surface area contributed by atoms with Gasteiger partial charge in [-0.2, -0.15) is 0 Å². The number of nitrogens with two attached hydrogens (primary N) is 1. The Morgan fingerprint density at radius 1 is 1.22 bits per heavy atom. The van der Waals surface area contributed by atoms with Gasteiger partial charge in [0, 0.05) is 12.6 Å². The SMILES string of the molecule is CC1CN(C)CCCN1CCCCC(C)(C)CN. The molecule has 1 fully saturated rings. The highest BCUT2D eigenvalue weighted by Crippen LogP contribution is 2.21. The monoisotopic (exact) mass is 255 g/mol. The molecule has 1 atom stereocenters. The van der Waals surface area contributed by atoms with E-state index in [0.717, 1.165) is 6.54 Å². The fraction of sp³-hybridized carbons (Fsp3) is 1.00. The molecule has 0 amide bonds. The predicted molar refractivity (Wildman–Crippen MR) is 79.8 cm³/mol. The normalized spacial score (nSPS) is 24.2. The van der Waals surface area contributed by atoms with Crippen molar-refractivity contribution in [2.75, 3.05) is 39.8 Å². The summed E-state index contributed by atoms with van der Waals surface area (Å²) in [6, 6.07) is 0.708. The standard InChI is InChI=1S/C15H33N3/c1-14-12-17(4)9-7-11-18(14)10-6-5-8-15(2,3)13-16/h14H,5-13,16H2,1-4H3. The van der Waals surface area contributed by atoms with Gasteiger partial charge in [0.25, 0.3) is 0 Å². The molecule has 0 bridgehead atoms. The Hall–Kier alpha value is -0.120. The van der Waals surface area contributed by atoms with Crippen molar-refractivity contribution in [3.63, 3.8) is 0 Å². The lowest BCUT2D eigenvalue weighted by atomic mass is 9.87. The summed E-state index contributed by atoms with van der Waals surface area (Å²) in [6.45, 7) is 12.7. The molecule has 0 aromatic carbocycles. The van der Waals surface area contributed by atoms with Gasteiger partial charge < -0.3 is 10.6 Å². The number of unbranched alkanes of at least 4 members (excludes halogenated alkanes) is 1. The number of likely N-dealkylation sites (N-methyl/N-ethyl adjacent to an activating group) is 1. The van der Waals surface area contributed by atoms with E-state index in [1.807, 2.05) is 0 Å². The van der Waals surface area contributed by atoms with Gasteiger partial charge in [0.15, 0.2) is 0 Å². The quantitative estimate of drug-likeness (QED) is 0.738. The zero-order chi connectivity index (χ0) is 13.6. The van der Waals surface area contributed by atoms with Gasteiger partial charge in [0.2, 0.25) is 0 Å². The second kappa shape index (κ2) is 7.46. The molecular weight excluding hydrogens is 222 g/mol. The number of hydrogen-bond donors (Lipinski definition) is 1. The number of rotatable bonds is 6. The van der Waals surface area contributed by atoms with Crippen LogP contribution in [0.1, 0.15) is 46.5 Å². The first-order valence-corrected chi connectivity index (χ1v) is 7.57. The third-order valence-electron chi connectivity index (χ3n) is 4.29. The first kappa shape index (κ1) is 15.9. The van der Waals surface area contributed by atoms with Crippen molar-refractivity contribution >= 4 is 0 Å². The molecule has 18 heavy (non-hydrogen) atoms. The summed E-state index contributed by atoms with van der Waals surface area (Å²) < 4.78 is 0. The lowest BCUT2D eigenvalue weighted by Gasteiger charge is -2.28. The summed E-state index contributed by atoms with van der Waals surface area (Å²) in [6.07, 6.45) is 5.20. The van der Waals surface area contributed by atoms with Crippen LogP contribution in [0.4, 0.5) is 0 Å². The van der Waals surface area contributed by atoms with E-state index in [9.17, 15) is 0 Å². The van der Waals surface area contributed by atoms with Gasteiger partial charge in [-0.3, -0.25) is 4.90 Å². The molecule has 1 aliphatic heterocycles. The third-order valence-corrected chi connectivity index (χ3v) is 4.29. The van der Waals surface area contributed by atoms with Crippen molar-refractivity contribution in [2.45, 2.75) is 52.5 Å². The lowest BCUT2D eigenvalue weighted by molar-refractivity contribution is 0.195. The van der Waals surface area contributed by atoms with Crippen LogP contribution in [-0.4, -0.2) is 55.6 Å². The van der Waals surface area contributed by atoms with Gasteiger partial charge in [-0.05, 0) is 64.8 Å². The Balaban J connectivity index is 2.22. The topological polar surface area (TPSA) is 32.5 Å². The molecule has 108 valence electrons. The molecular formula is C15H33N3. The van der Waals surface area contributed by atoms with Crippen LogP contribution in [0.25, 0.3) is 0 Å². The minimum atomic E-state index is 0.324. The van der Waals surface area contributed by atoms with Gasteiger partial charge in [-0.15, -0.1) is 0 Å². The van der Waals surface area contributed by atoms with Gasteiger partial charge in [0.1, 0.15) is 0 Å². The van der Waals surface area contributed by atoms with Crippen molar-refractivity contribution in [1.29, 1.82) is 0 Å². The van der Waals surface area contributed by atoms with Crippen LogP contribution in [0.3, 0.4) is 0 Å². The first-order chi connectivity index (χ1) is 8.44. The van der Waals surface area contributed by atoms with Crippen LogP contribution in [-0.2, 0) is 0 Å². The van der Waals surface area contributed by atoms with Gasteiger partial charge in [-0.1, -0.05) is 20.3 Å². The molecule has 0 radical (unpaired) electrons. The average molecular weight is 255 g/mol. The molecule has 1 heterocycles. The second-order valence-electron chi connectivity index (χ2n) is 6.83. The van der Waals surface area contributed by atoms with Crippen molar-refractivity contribution in [3.05, 3.63) is 0 Å². The highest BCUT2D eigenvalue weighted by Gasteiger charge is 2.19. The van der Waals surface area contributed by atoms with E-state index >= 15 is 0 Å². The molecule has 1 unspecified atom stereocenters. The number of nitrogens with zero attached hydrogens (tertiary/aromatic N) is 2. The van der Waals surface area contributed by atoms with Crippen molar-refractivity contribution in [3.8, 4) is 0 Å². The molecule has 3 nitrogen and oxygen atoms in total. The van der Waals surface area contributed by atoms with Crippen LogP contribution < -0.4 is 5.73 Å². The van der Waals surface area contributed by atoms with Crippen molar-refractivity contribution < 1.29 is 0 Å². The maximum Gasteiger partial charge on any atom is 0.0194 e. The molecule has 0 aromatic heterocycles. The molecule has 0 saturated carbocycles. The molecule has 1 saturated heterocycles. The number of hydrogen-bond acceptors (Lipinski definition) is 3. The van der Waals surface area contributed by atoms with Crippen LogP contribution >= 0.6 is 0 Å². The highest BCUT2D eigenvalue weighted by molar-refractivity contribution is 4.76. The van der Waals surface area contributed by atoms with Gasteiger partial charge in [0.05, 0.1) is 0 Å². The second-order valence-corrected chi connectivity index (χ2v) is 6.83. The largest absolute Gasteiger partial charge is 0.330 e. The summed E-state index contributed by atoms with van der Waals surface area (Å²) in [5.74, 6) is 0. The molecule has 1 aliphatic rings. The summed E-state index contributed by atoms with van der Waals surface area (Å²) in [7, 11) is 2.24. The van der Waals surface area contributed by atoms with E-state index in [1.165, 1.54) is 51.9 Å². The predicted octanol–water partition coefficient (Wildman–Crippen LogP) is 2.17. The Bertz CT molecular complexity index is 228. The van der Waals surface area contributed by atoms with E-state index in [4.69, 9.17) is 5.73 Å².